The molecule has 0 bridgehead atoms. The second-order valence-electron chi connectivity index (χ2n) is 6.36. The number of carbonyl (C=O) groups is 1. The van der Waals surface area contributed by atoms with E-state index in [1.54, 1.807) is 0 Å². The van der Waals surface area contributed by atoms with Crippen molar-refractivity contribution < 1.29 is 9.53 Å². The zero-order valence-corrected chi connectivity index (χ0v) is 14.4. The molecule has 2 atom stereocenters. The highest BCUT2D eigenvalue weighted by Crippen LogP contribution is 2.28. The van der Waals surface area contributed by atoms with Gasteiger partial charge in [0.1, 0.15) is 5.75 Å². The van der Waals surface area contributed by atoms with Crippen molar-refractivity contribution in [2.75, 3.05) is 6.61 Å². The predicted molar refractivity (Wildman–Crippen MR) is 90.8 cm³/mol. The zero-order valence-electron chi connectivity index (χ0n) is 14.4. The molecule has 3 rings (SSSR count). The van der Waals surface area contributed by atoms with Crippen LogP contribution >= 0.6 is 0 Å². The summed E-state index contributed by atoms with van der Waals surface area (Å²) in [6.45, 7) is 6.61. The van der Waals surface area contributed by atoms with Crippen molar-refractivity contribution in [1.82, 2.24) is 20.7 Å². The van der Waals surface area contributed by atoms with Gasteiger partial charge in [0, 0.05) is 17.9 Å². The number of H-pyrrole nitrogens is 1. The van der Waals surface area contributed by atoms with Crippen molar-refractivity contribution >= 4 is 5.91 Å². The number of nitrogens with one attached hydrogen (secondary N) is 2. The lowest BCUT2D eigenvalue weighted by Crippen LogP contribution is -2.35. The molecule has 1 amide bonds. The lowest BCUT2D eigenvalue weighted by atomic mass is 9.89. The third-order valence-electron chi connectivity index (χ3n) is 4.53. The fraction of sp³-hybridized carbons (Fsp3) is 0.500. The first-order valence-electron chi connectivity index (χ1n) is 8.50. The largest absolute Gasteiger partial charge is 0.494 e. The minimum absolute atomic E-state index is 0.0506. The number of hydrogen-bond donors (Lipinski definition) is 2. The summed E-state index contributed by atoms with van der Waals surface area (Å²) in [4.78, 5) is 12.7. The highest BCUT2D eigenvalue weighted by atomic mass is 16.5. The van der Waals surface area contributed by atoms with Crippen molar-refractivity contribution in [1.29, 1.82) is 0 Å². The van der Waals surface area contributed by atoms with E-state index in [2.05, 4.69) is 26.8 Å². The maximum atomic E-state index is 12.7. The molecule has 24 heavy (non-hydrogen) atoms. The number of aromatic amines is 1. The molecule has 0 fully saturated rings. The van der Waals surface area contributed by atoms with Crippen molar-refractivity contribution in [3.05, 3.63) is 40.7 Å². The van der Waals surface area contributed by atoms with Crippen LogP contribution in [0.1, 0.15) is 48.8 Å². The number of carbonyl (C=O) groups excluding carboxylic acids is 1. The summed E-state index contributed by atoms with van der Waals surface area (Å²) >= 11 is 0. The molecule has 128 valence electrons. The summed E-state index contributed by atoms with van der Waals surface area (Å²) in [5.41, 5.74) is 4.08. The second kappa shape index (κ2) is 7.03. The maximum Gasteiger partial charge on any atom is 0.223 e. The Hall–Kier alpha value is -2.37. The molecule has 0 saturated carbocycles. The van der Waals surface area contributed by atoms with Crippen LogP contribution in [-0.4, -0.2) is 27.9 Å². The lowest BCUT2D eigenvalue weighted by Gasteiger charge is -2.24. The van der Waals surface area contributed by atoms with E-state index in [1.807, 2.05) is 32.9 Å². The quantitative estimate of drug-likeness (QED) is 0.884. The molecule has 1 aliphatic rings. The number of fused-ring (bicyclic) bond motifs is 1. The van der Waals surface area contributed by atoms with Crippen molar-refractivity contribution in [2.45, 2.75) is 46.1 Å². The number of hydrogen-bond acceptors (Lipinski definition) is 4. The first-order valence-corrected chi connectivity index (χ1v) is 8.50. The number of rotatable bonds is 5. The van der Waals surface area contributed by atoms with Gasteiger partial charge in [-0.05, 0) is 39.7 Å². The Morgan fingerprint density at radius 1 is 1.42 bits per heavy atom. The van der Waals surface area contributed by atoms with Crippen LogP contribution in [0.25, 0.3) is 0 Å². The number of nitrogens with zero attached hydrogens (tertiary/aromatic N) is 2. The van der Waals surface area contributed by atoms with Crippen LogP contribution in [-0.2, 0) is 17.6 Å². The van der Waals surface area contributed by atoms with Gasteiger partial charge in [-0.3, -0.25) is 4.79 Å². The molecule has 0 radical (unpaired) electrons. The summed E-state index contributed by atoms with van der Waals surface area (Å²) < 4.78 is 5.70. The smallest absolute Gasteiger partial charge is 0.223 e. The number of benzene rings is 1. The predicted octanol–water partition coefficient (Wildman–Crippen LogP) is 2.49. The van der Waals surface area contributed by atoms with Crippen LogP contribution in [0.2, 0.25) is 0 Å². The molecular weight excluding hydrogens is 304 g/mol. The first kappa shape index (κ1) is 16.5. The van der Waals surface area contributed by atoms with Gasteiger partial charge in [-0.1, -0.05) is 17.7 Å². The number of aromatic nitrogens is 3. The van der Waals surface area contributed by atoms with E-state index in [9.17, 15) is 4.79 Å². The van der Waals surface area contributed by atoms with Gasteiger partial charge in [0.25, 0.3) is 0 Å². The average Bonchev–Trinajstić information content (AvgIpc) is 3.04. The highest BCUT2D eigenvalue weighted by Gasteiger charge is 2.28. The minimum atomic E-state index is -0.0994. The van der Waals surface area contributed by atoms with E-state index in [-0.39, 0.29) is 17.9 Å². The number of amides is 1. The molecule has 6 heteroatoms. The van der Waals surface area contributed by atoms with Gasteiger partial charge in [-0.25, -0.2) is 0 Å². The summed E-state index contributed by atoms with van der Waals surface area (Å²) in [7, 11) is 0. The molecular formula is C18H24N4O2. The van der Waals surface area contributed by atoms with Crippen LogP contribution in [0.4, 0.5) is 0 Å². The van der Waals surface area contributed by atoms with Crippen LogP contribution < -0.4 is 10.1 Å². The Morgan fingerprint density at radius 3 is 3.00 bits per heavy atom. The normalized spacial score (nSPS) is 17.9. The molecule has 0 aliphatic heterocycles. The van der Waals surface area contributed by atoms with Gasteiger partial charge in [0.05, 0.1) is 24.0 Å². The monoisotopic (exact) mass is 328 g/mol. The standard InChI is InChI=1S/C18H24N4O2/c1-4-24-17-8-5-11(2)9-14(17)12(3)19-18(23)13-6-7-15-16(10-13)21-22-20-15/h5,8-9,12-13H,4,6-7,10H2,1-3H3,(H,19,23)(H,20,21,22). The Labute approximate surface area is 142 Å². The molecule has 2 unspecified atom stereocenters. The Morgan fingerprint density at radius 2 is 2.21 bits per heavy atom. The Balaban J connectivity index is 1.70. The van der Waals surface area contributed by atoms with Crippen LogP contribution in [0.5, 0.6) is 5.75 Å². The summed E-state index contributed by atoms with van der Waals surface area (Å²) in [6, 6.07) is 5.97. The molecule has 2 aromatic rings. The van der Waals surface area contributed by atoms with Gasteiger partial charge < -0.3 is 10.1 Å². The van der Waals surface area contributed by atoms with E-state index in [0.29, 0.717) is 13.0 Å². The van der Waals surface area contributed by atoms with Gasteiger partial charge in [-0.15, -0.1) is 0 Å². The van der Waals surface area contributed by atoms with Crippen LogP contribution in [0.15, 0.2) is 18.2 Å². The SMILES string of the molecule is CCOc1ccc(C)cc1C(C)NC(=O)C1CCc2n[nH]nc2C1. The third-order valence-corrected chi connectivity index (χ3v) is 4.53. The molecule has 1 aromatic carbocycles. The molecule has 6 nitrogen and oxygen atoms in total. The van der Waals surface area contributed by atoms with Gasteiger partial charge in [-0.2, -0.15) is 15.4 Å². The van der Waals surface area contributed by atoms with Gasteiger partial charge in [0.2, 0.25) is 5.91 Å². The molecule has 2 N–H and O–H groups in total. The highest BCUT2D eigenvalue weighted by molar-refractivity contribution is 5.79. The van der Waals surface area contributed by atoms with Crippen molar-refractivity contribution in [3.8, 4) is 5.75 Å². The van der Waals surface area contributed by atoms with Crippen LogP contribution in [0, 0.1) is 12.8 Å². The van der Waals surface area contributed by atoms with Crippen LogP contribution in [0.3, 0.4) is 0 Å². The lowest BCUT2D eigenvalue weighted by molar-refractivity contribution is -0.126. The zero-order chi connectivity index (χ0) is 17.1. The Bertz CT molecular complexity index is 726. The van der Waals surface area contributed by atoms with E-state index >= 15 is 0 Å². The van der Waals surface area contributed by atoms with E-state index < -0.39 is 0 Å². The topological polar surface area (TPSA) is 79.9 Å². The van der Waals surface area contributed by atoms with E-state index in [4.69, 9.17) is 4.74 Å². The summed E-state index contributed by atoms with van der Waals surface area (Å²) in [5, 5.41) is 14.0. The molecule has 1 aromatic heterocycles. The fourth-order valence-corrected chi connectivity index (χ4v) is 3.21. The van der Waals surface area contributed by atoms with Gasteiger partial charge >= 0.3 is 0 Å². The second-order valence-corrected chi connectivity index (χ2v) is 6.36. The minimum Gasteiger partial charge on any atom is -0.494 e. The average molecular weight is 328 g/mol. The van der Waals surface area contributed by atoms with Gasteiger partial charge in [0.15, 0.2) is 0 Å². The summed E-state index contributed by atoms with van der Waals surface area (Å²) in [5.74, 6) is 0.851. The van der Waals surface area contributed by atoms with Crippen molar-refractivity contribution in [2.24, 2.45) is 5.92 Å². The number of ether oxygens (including phenoxy) is 1. The van der Waals surface area contributed by atoms with E-state index in [0.717, 1.165) is 41.1 Å². The van der Waals surface area contributed by atoms with E-state index in [1.165, 1.54) is 0 Å². The van der Waals surface area contributed by atoms with Crippen molar-refractivity contribution in [3.63, 3.8) is 0 Å². The first-order chi connectivity index (χ1) is 11.6. The third kappa shape index (κ3) is 3.42. The summed E-state index contributed by atoms with van der Waals surface area (Å²) in [6.07, 6.45) is 2.26. The molecule has 1 heterocycles. The Kier molecular flexibility index (Phi) is 4.83. The molecule has 1 aliphatic carbocycles. The maximum absolute atomic E-state index is 12.7. The number of aryl methyl sites for hydroxylation is 2. The molecule has 0 spiro atoms. The fourth-order valence-electron chi connectivity index (χ4n) is 3.21. The molecule has 0 saturated heterocycles.